The summed E-state index contributed by atoms with van der Waals surface area (Å²) in [5.41, 5.74) is 9.26. The second-order valence-corrected chi connectivity index (χ2v) is 4.46. The van der Waals surface area contributed by atoms with Crippen molar-refractivity contribution in [1.82, 2.24) is 5.32 Å². The summed E-state index contributed by atoms with van der Waals surface area (Å²) in [6.07, 6.45) is 2.10. The molecule has 1 atom stereocenters. The molecule has 0 bridgehead atoms. The fraction of sp³-hybridized carbons (Fsp3) is 0.571. The maximum Gasteiger partial charge on any atom is 0.124 e. The van der Waals surface area contributed by atoms with Gasteiger partial charge in [0, 0.05) is 6.04 Å². The van der Waals surface area contributed by atoms with Crippen molar-refractivity contribution in [3.63, 3.8) is 0 Å². The highest BCUT2D eigenvalue weighted by Gasteiger charge is 2.12. The fourth-order valence-corrected chi connectivity index (χ4v) is 2.31. The van der Waals surface area contributed by atoms with Gasteiger partial charge in [-0.2, -0.15) is 0 Å². The van der Waals surface area contributed by atoms with E-state index in [1.807, 2.05) is 7.05 Å². The van der Waals surface area contributed by atoms with Crippen LogP contribution in [-0.4, -0.2) is 20.7 Å². The number of ether oxygens (including phenoxy) is 1. The van der Waals surface area contributed by atoms with Crippen LogP contribution in [0.5, 0.6) is 5.75 Å². The van der Waals surface area contributed by atoms with Crippen LogP contribution < -0.4 is 15.8 Å². The first-order chi connectivity index (χ1) is 8.13. The third-order valence-corrected chi connectivity index (χ3v) is 3.13. The lowest BCUT2D eigenvalue weighted by atomic mass is 9.97. The predicted molar refractivity (Wildman–Crippen MR) is 72.6 cm³/mol. The lowest BCUT2D eigenvalue weighted by Crippen LogP contribution is -2.18. The number of aryl methyl sites for hydroxylation is 2. The molecule has 1 unspecified atom stereocenters. The van der Waals surface area contributed by atoms with E-state index in [2.05, 4.69) is 31.3 Å². The molecule has 0 fully saturated rings. The first kappa shape index (κ1) is 14.0. The zero-order chi connectivity index (χ0) is 12.8. The average molecular weight is 236 g/mol. The summed E-state index contributed by atoms with van der Waals surface area (Å²) in [6, 6.07) is 4.77. The molecular formula is C14H24N2O. The van der Waals surface area contributed by atoms with Crippen molar-refractivity contribution in [3.05, 3.63) is 28.8 Å². The van der Waals surface area contributed by atoms with E-state index in [1.165, 1.54) is 16.7 Å². The highest BCUT2D eigenvalue weighted by Crippen LogP contribution is 2.28. The van der Waals surface area contributed by atoms with Crippen LogP contribution >= 0.6 is 0 Å². The van der Waals surface area contributed by atoms with Gasteiger partial charge in [-0.3, -0.25) is 0 Å². The summed E-state index contributed by atoms with van der Waals surface area (Å²) in [7, 11) is 3.72. The number of hydrogen-bond acceptors (Lipinski definition) is 3. The highest BCUT2D eigenvalue weighted by atomic mass is 16.5. The third kappa shape index (κ3) is 3.45. The molecule has 3 heteroatoms. The maximum absolute atomic E-state index is 5.57. The largest absolute Gasteiger partial charge is 0.496 e. The van der Waals surface area contributed by atoms with E-state index in [0.717, 1.165) is 25.1 Å². The molecule has 1 aromatic carbocycles. The van der Waals surface area contributed by atoms with Crippen LogP contribution in [0.2, 0.25) is 0 Å². The third-order valence-electron chi connectivity index (χ3n) is 3.13. The lowest BCUT2D eigenvalue weighted by molar-refractivity contribution is 0.408. The minimum atomic E-state index is 0.377. The first-order valence-electron chi connectivity index (χ1n) is 6.16. The Morgan fingerprint density at radius 3 is 2.29 bits per heavy atom. The molecule has 1 aromatic rings. The average Bonchev–Trinajstić information content (AvgIpc) is 2.30. The van der Waals surface area contributed by atoms with Crippen molar-refractivity contribution in [1.29, 1.82) is 0 Å². The van der Waals surface area contributed by atoms with Gasteiger partial charge in [-0.15, -0.1) is 0 Å². The lowest BCUT2D eigenvalue weighted by Gasteiger charge is -2.19. The van der Waals surface area contributed by atoms with E-state index in [9.17, 15) is 0 Å². The van der Waals surface area contributed by atoms with Gasteiger partial charge >= 0.3 is 0 Å². The number of methoxy groups -OCH3 is 1. The Morgan fingerprint density at radius 1 is 1.29 bits per heavy atom. The van der Waals surface area contributed by atoms with Crippen molar-refractivity contribution >= 4 is 0 Å². The molecular weight excluding hydrogens is 212 g/mol. The zero-order valence-electron chi connectivity index (χ0n) is 11.3. The van der Waals surface area contributed by atoms with E-state index in [0.29, 0.717) is 6.04 Å². The number of rotatable bonds is 6. The Bertz CT molecular complexity index is 340. The smallest absolute Gasteiger partial charge is 0.124 e. The minimum absolute atomic E-state index is 0.377. The fourth-order valence-electron chi connectivity index (χ4n) is 2.31. The number of benzene rings is 1. The van der Waals surface area contributed by atoms with Gasteiger partial charge in [0.2, 0.25) is 0 Å². The predicted octanol–water partition coefficient (Wildman–Crippen LogP) is 2.31. The molecule has 0 aliphatic rings. The van der Waals surface area contributed by atoms with Crippen molar-refractivity contribution in [3.8, 4) is 5.75 Å². The standard InChI is InChI=1S/C14H24N2O/c1-10-8-12(9-11(2)14(10)17-4)13(16-3)6-5-7-15/h8-9,13,16H,5-7,15H2,1-4H3. The molecule has 0 heterocycles. The van der Waals surface area contributed by atoms with Crippen LogP contribution in [0.25, 0.3) is 0 Å². The van der Waals surface area contributed by atoms with Crippen molar-refractivity contribution in [2.24, 2.45) is 5.73 Å². The molecule has 0 aromatic heterocycles. The number of nitrogens with one attached hydrogen (secondary N) is 1. The first-order valence-corrected chi connectivity index (χ1v) is 6.16. The van der Waals surface area contributed by atoms with Crippen molar-refractivity contribution in [2.45, 2.75) is 32.7 Å². The van der Waals surface area contributed by atoms with E-state index in [4.69, 9.17) is 10.5 Å². The quantitative estimate of drug-likeness (QED) is 0.797. The monoisotopic (exact) mass is 236 g/mol. The van der Waals surface area contributed by atoms with Gasteiger partial charge in [0.05, 0.1) is 7.11 Å². The highest BCUT2D eigenvalue weighted by molar-refractivity contribution is 5.44. The second kappa shape index (κ2) is 6.62. The molecule has 3 N–H and O–H groups in total. The molecule has 0 aliphatic heterocycles. The molecule has 3 nitrogen and oxygen atoms in total. The Labute approximate surface area is 104 Å². The zero-order valence-corrected chi connectivity index (χ0v) is 11.3. The Balaban J connectivity index is 2.96. The molecule has 0 radical (unpaired) electrons. The van der Waals surface area contributed by atoms with Gasteiger partial charge in [0.15, 0.2) is 0 Å². The molecule has 0 aliphatic carbocycles. The molecule has 96 valence electrons. The van der Waals surface area contributed by atoms with Crippen molar-refractivity contribution in [2.75, 3.05) is 20.7 Å². The normalized spacial score (nSPS) is 12.5. The summed E-state index contributed by atoms with van der Waals surface area (Å²) in [4.78, 5) is 0. The van der Waals surface area contributed by atoms with E-state index >= 15 is 0 Å². The van der Waals surface area contributed by atoms with Crippen LogP contribution in [0.15, 0.2) is 12.1 Å². The van der Waals surface area contributed by atoms with Gasteiger partial charge in [-0.25, -0.2) is 0 Å². The Morgan fingerprint density at radius 2 is 1.88 bits per heavy atom. The van der Waals surface area contributed by atoms with E-state index in [-0.39, 0.29) is 0 Å². The number of hydrogen-bond donors (Lipinski definition) is 2. The van der Waals surface area contributed by atoms with Gasteiger partial charge in [-0.1, -0.05) is 12.1 Å². The van der Waals surface area contributed by atoms with Crippen LogP contribution in [0.3, 0.4) is 0 Å². The summed E-state index contributed by atoms with van der Waals surface area (Å²) < 4.78 is 5.38. The summed E-state index contributed by atoms with van der Waals surface area (Å²) in [6.45, 7) is 4.92. The molecule has 17 heavy (non-hydrogen) atoms. The topological polar surface area (TPSA) is 47.3 Å². The summed E-state index contributed by atoms with van der Waals surface area (Å²) in [5, 5.41) is 3.35. The SMILES string of the molecule is CNC(CCCN)c1cc(C)c(OC)c(C)c1. The van der Waals surface area contributed by atoms with E-state index < -0.39 is 0 Å². The maximum atomic E-state index is 5.57. The molecule has 0 amide bonds. The van der Waals surface area contributed by atoms with Gasteiger partial charge in [0.25, 0.3) is 0 Å². The minimum Gasteiger partial charge on any atom is -0.496 e. The van der Waals surface area contributed by atoms with Gasteiger partial charge in [-0.05, 0) is 57.0 Å². The van der Waals surface area contributed by atoms with Crippen LogP contribution in [0.1, 0.15) is 35.6 Å². The summed E-state index contributed by atoms with van der Waals surface area (Å²) in [5.74, 6) is 0.988. The molecule has 1 rings (SSSR count). The van der Waals surface area contributed by atoms with Crippen LogP contribution in [0, 0.1) is 13.8 Å². The van der Waals surface area contributed by atoms with E-state index in [1.54, 1.807) is 7.11 Å². The second-order valence-electron chi connectivity index (χ2n) is 4.46. The molecule has 0 saturated carbocycles. The molecule has 0 spiro atoms. The van der Waals surface area contributed by atoms with Crippen LogP contribution in [0.4, 0.5) is 0 Å². The number of nitrogens with two attached hydrogens (primary N) is 1. The summed E-state index contributed by atoms with van der Waals surface area (Å²) >= 11 is 0. The van der Waals surface area contributed by atoms with Gasteiger partial charge in [0.1, 0.15) is 5.75 Å². The van der Waals surface area contributed by atoms with Crippen molar-refractivity contribution < 1.29 is 4.74 Å². The van der Waals surface area contributed by atoms with Gasteiger partial charge < -0.3 is 15.8 Å². The Kier molecular flexibility index (Phi) is 5.45. The Hall–Kier alpha value is -1.06. The molecule has 0 saturated heterocycles. The van der Waals surface area contributed by atoms with Crippen LogP contribution in [-0.2, 0) is 0 Å².